The van der Waals surface area contributed by atoms with Gasteiger partial charge in [0.15, 0.2) is 0 Å². The first kappa shape index (κ1) is 41.4. The summed E-state index contributed by atoms with van der Waals surface area (Å²) in [7, 11) is -2.27. The first-order valence-corrected chi connectivity index (χ1v) is 16.3. The molecule has 0 aliphatic carbocycles. The third-order valence-electron chi connectivity index (χ3n) is 6.52. The number of hydrogen-bond acceptors (Lipinski definition) is 8. The number of anilines is 2. The minimum Gasteiger partial charge on any atom is -0.475 e. The Hall–Kier alpha value is -3.81. The molecule has 0 spiro atoms. The van der Waals surface area contributed by atoms with Crippen molar-refractivity contribution in [2.75, 3.05) is 35.8 Å². The average Bonchev–Trinajstić information content (AvgIpc) is 3.23. The zero-order valence-corrected chi connectivity index (χ0v) is 28.6. The predicted octanol–water partition coefficient (Wildman–Crippen LogP) is 5.77. The highest BCUT2D eigenvalue weighted by Gasteiger charge is 2.39. The topological polar surface area (TPSA) is 167 Å². The number of nitrogens with zero attached hydrogens (tertiary/aromatic N) is 4. The lowest BCUT2D eigenvalue weighted by molar-refractivity contribution is -0.193. The molecule has 1 saturated heterocycles. The van der Waals surface area contributed by atoms with Gasteiger partial charge in [0.25, 0.3) is 10.0 Å². The van der Waals surface area contributed by atoms with Gasteiger partial charge in [0.1, 0.15) is 10.7 Å². The van der Waals surface area contributed by atoms with E-state index in [-0.39, 0.29) is 14.9 Å². The van der Waals surface area contributed by atoms with E-state index in [9.17, 15) is 34.8 Å². The van der Waals surface area contributed by atoms with Crippen molar-refractivity contribution >= 4 is 56.7 Å². The Balaban J connectivity index is 0.000000500. The second kappa shape index (κ2) is 16.7. The second-order valence-corrected chi connectivity index (χ2v) is 13.2. The van der Waals surface area contributed by atoms with Crippen LogP contribution in [-0.2, 0) is 33.1 Å². The molecule has 3 heterocycles. The number of pyridine rings is 1. The highest BCUT2D eigenvalue weighted by atomic mass is 35.5. The van der Waals surface area contributed by atoms with Crippen LogP contribution in [0.1, 0.15) is 25.2 Å². The molecule has 3 aromatic rings. The predicted molar refractivity (Wildman–Crippen MR) is 169 cm³/mol. The molecule has 0 atom stereocenters. The van der Waals surface area contributed by atoms with Crippen LogP contribution in [0.2, 0.25) is 10.0 Å². The van der Waals surface area contributed by atoms with E-state index in [1.165, 1.54) is 0 Å². The van der Waals surface area contributed by atoms with E-state index in [0.29, 0.717) is 29.4 Å². The molecule has 0 unspecified atom stereocenters. The van der Waals surface area contributed by atoms with Gasteiger partial charge in [0.05, 0.1) is 27.1 Å². The van der Waals surface area contributed by atoms with Crippen molar-refractivity contribution in [1.29, 1.82) is 0 Å². The maximum absolute atomic E-state index is 13.4. The first-order chi connectivity index (χ1) is 22.5. The molecule has 4 rings (SSSR count). The molecule has 0 radical (unpaired) electrons. The number of sulfonamides is 1. The van der Waals surface area contributed by atoms with Crippen LogP contribution in [0.5, 0.6) is 0 Å². The number of aliphatic carboxylic acids is 2. The van der Waals surface area contributed by atoms with Gasteiger partial charge in [-0.05, 0) is 54.7 Å². The fourth-order valence-corrected chi connectivity index (χ4v) is 6.54. The second-order valence-electron chi connectivity index (χ2n) is 10.7. The van der Waals surface area contributed by atoms with Gasteiger partial charge in [-0.15, -0.1) is 0 Å². The summed E-state index contributed by atoms with van der Waals surface area (Å²) < 4.78 is 94.7. The van der Waals surface area contributed by atoms with Crippen molar-refractivity contribution < 1.29 is 54.6 Å². The van der Waals surface area contributed by atoms with Gasteiger partial charge in [-0.2, -0.15) is 31.4 Å². The summed E-state index contributed by atoms with van der Waals surface area (Å²) in [5.41, 5.74) is 3.44. The Kier molecular flexibility index (Phi) is 14.1. The quantitative estimate of drug-likeness (QED) is 0.217. The summed E-state index contributed by atoms with van der Waals surface area (Å²) in [6.45, 7) is 9.47. The number of benzene rings is 1. The maximum atomic E-state index is 13.4. The number of piperazine rings is 1. The Labute approximate surface area is 287 Å². The monoisotopic (exact) mass is 764 g/mol. The van der Waals surface area contributed by atoms with E-state index in [0.717, 1.165) is 43.1 Å². The number of rotatable bonds is 7. The Morgan fingerprint density at radius 1 is 0.980 bits per heavy atom. The molecule has 1 aliphatic heterocycles. The standard InChI is InChI=1S/C24H30Cl2N6O2S.2C2HF3O2/c1-15(2)11-21-23(16(3)31(4)29-21)30-35(33,34)24-19(25)12-18(13-20(24)26)17-5-6-28-22(14-17)32-9-7-27-8-10-32;2*3-2(4,5)1(6)7/h5-6,12-15,27,30H,7-11H2,1-4H3;2*(H,6,7). The van der Waals surface area contributed by atoms with Crippen LogP contribution in [0.15, 0.2) is 35.4 Å². The van der Waals surface area contributed by atoms with E-state index >= 15 is 0 Å². The summed E-state index contributed by atoms with van der Waals surface area (Å²) in [6.07, 6.45) is -7.79. The third kappa shape index (κ3) is 11.9. The van der Waals surface area contributed by atoms with E-state index in [4.69, 9.17) is 43.0 Å². The van der Waals surface area contributed by atoms with Gasteiger partial charge in [0.2, 0.25) is 0 Å². The van der Waals surface area contributed by atoms with Crippen LogP contribution >= 0.6 is 23.2 Å². The number of nitrogens with one attached hydrogen (secondary N) is 2. The lowest BCUT2D eigenvalue weighted by Gasteiger charge is -2.28. The largest absolute Gasteiger partial charge is 0.490 e. The zero-order chi connectivity index (χ0) is 37.5. The Morgan fingerprint density at radius 3 is 1.92 bits per heavy atom. The molecule has 1 aromatic carbocycles. The van der Waals surface area contributed by atoms with E-state index in [1.54, 1.807) is 30.1 Å². The van der Waals surface area contributed by atoms with Crippen molar-refractivity contribution in [2.24, 2.45) is 13.0 Å². The molecule has 12 nitrogen and oxygen atoms in total. The third-order valence-corrected chi connectivity index (χ3v) is 8.79. The lowest BCUT2D eigenvalue weighted by atomic mass is 10.1. The van der Waals surface area contributed by atoms with Crippen LogP contribution in [0.25, 0.3) is 11.1 Å². The Morgan fingerprint density at radius 2 is 1.47 bits per heavy atom. The molecule has 272 valence electrons. The first-order valence-electron chi connectivity index (χ1n) is 14.0. The van der Waals surface area contributed by atoms with Crippen LogP contribution in [0.4, 0.5) is 37.8 Å². The highest BCUT2D eigenvalue weighted by molar-refractivity contribution is 7.93. The molecule has 1 aliphatic rings. The number of alkyl halides is 6. The molecule has 0 amide bonds. The lowest BCUT2D eigenvalue weighted by Crippen LogP contribution is -2.43. The molecule has 49 heavy (non-hydrogen) atoms. The molecular formula is C28H32Cl2F6N6O6S. The van der Waals surface area contributed by atoms with E-state index in [2.05, 4.69) is 38.9 Å². The van der Waals surface area contributed by atoms with Gasteiger partial charge in [-0.1, -0.05) is 37.0 Å². The van der Waals surface area contributed by atoms with Crippen molar-refractivity contribution in [3.8, 4) is 11.1 Å². The van der Waals surface area contributed by atoms with E-state index in [1.807, 2.05) is 19.1 Å². The molecule has 0 bridgehead atoms. The van der Waals surface area contributed by atoms with Crippen LogP contribution in [0, 0.1) is 12.8 Å². The van der Waals surface area contributed by atoms with Crippen LogP contribution < -0.4 is 14.9 Å². The van der Waals surface area contributed by atoms with Crippen molar-refractivity contribution in [3.63, 3.8) is 0 Å². The molecule has 0 saturated carbocycles. The van der Waals surface area contributed by atoms with Gasteiger partial charge in [0, 0.05) is 39.4 Å². The maximum Gasteiger partial charge on any atom is 0.490 e. The number of carbonyl (C=O) groups is 2. The fourth-order valence-electron chi connectivity index (χ4n) is 4.17. The number of aryl methyl sites for hydroxylation is 1. The fraction of sp³-hybridized carbons (Fsp3) is 0.429. The zero-order valence-electron chi connectivity index (χ0n) is 26.2. The van der Waals surface area contributed by atoms with Crippen molar-refractivity contribution in [1.82, 2.24) is 20.1 Å². The molecule has 1 fully saturated rings. The molecule has 4 N–H and O–H groups in total. The van der Waals surface area contributed by atoms with Gasteiger partial charge < -0.3 is 20.4 Å². The number of hydrogen-bond donors (Lipinski definition) is 4. The highest BCUT2D eigenvalue weighted by Crippen LogP contribution is 2.37. The van der Waals surface area contributed by atoms with Gasteiger partial charge in [-0.25, -0.2) is 23.0 Å². The van der Waals surface area contributed by atoms with Crippen molar-refractivity contribution in [3.05, 3.63) is 51.9 Å². The molecule has 2 aromatic heterocycles. The molecule has 21 heteroatoms. The summed E-state index contributed by atoms with van der Waals surface area (Å²) in [6, 6.07) is 7.09. The summed E-state index contributed by atoms with van der Waals surface area (Å²) in [5.74, 6) is -4.34. The van der Waals surface area contributed by atoms with Crippen molar-refractivity contribution in [2.45, 2.75) is 44.4 Å². The van der Waals surface area contributed by atoms with E-state index < -0.39 is 34.3 Å². The number of carboxylic acids is 2. The molecular weight excluding hydrogens is 733 g/mol. The SMILES string of the molecule is Cc1c(NS(=O)(=O)c2c(Cl)cc(-c3ccnc(N4CCNCC4)c3)cc2Cl)c(CC(C)C)nn1C.O=C(O)C(F)(F)F.O=C(O)C(F)(F)F. The van der Waals surface area contributed by atoms with Gasteiger partial charge in [-0.3, -0.25) is 9.40 Å². The summed E-state index contributed by atoms with van der Waals surface area (Å²) >= 11 is 13.1. The number of aromatic nitrogens is 3. The average molecular weight is 766 g/mol. The number of carboxylic acid groups (broad SMARTS) is 2. The minimum absolute atomic E-state index is 0.0486. The summed E-state index contributed by atoms with van der Waals surface area (Å²) in [4.78, 5) is 24.3. The van der Waals surface area contributed by atoms with Crippen LogP contribution in [-0.4, -0.2) is 83.9 Å². The Bertz CT molecular complexity index is 1700. The van der Waals surface area contributed by atoms with Crippen LogP contribution in [0.3, 0.4) is 0 Å². The normalized spacial score (nSPS) is 13.6. The smallest absolute Gasteiger partial charge is 0.475 e. The minimum atomic E-state index is -5.08. The van der Waals surface area contributed by atoms with Gasteiger partial charge >= 0.3 is 24.3 Å². The summed E-state index contributed by atoms with van der Waals surface area (Å²) in [5, 5.41) is 22.2. The number of halogens is 8.